The summed E-state index contributed by atoms with van der Waals surface area (Å²) in [6, 6.07) is 9.94. The van der Waals surface area contributed by atoms with Crippen molar-refractivity contribution in [3.8, 4) is 17.3 Å². The molecular formula is C25H29ClN6O. The van der Waals surface area contributed by atoms with Gasteiger partial charge in [0.1, 0.15) is 17.3 Å². The summed E-state index contributed by atoms with van der Waals surface area (Å²) in [6.07, 6.45) is 4.94. The first-order chi connectivity index (χ1) is 16.0. The van der Waals surface area contributed by atoms with Crippen LogP contribution in [0.3, 0.4) is 0 Å². The Morgan fingerprint density at radius 1 is 1.15 bits per heavy atom. The number of fused-ring (bicyclic) bond motifs is 1. The van der Waals surface area contributed by atoms with E-state index in [4.69, 9.17) is 21.3 Å². The van der Waals surface area contributed by atoms with E-state index in [0.717, 1.165) is 36.0 Å². The van der Waals surface area contributed by atoms with Crippen molar-refractivity contribution in [2.75, 3.05) is 24.7 Å². The van der Waals surface area contributed by atoms with E-state index in [-0.39, 0.29) is 11.9 Å². The fourth-order valence-corrected chi connectivity index (χ4v) is 5.29. The van der Waals surface area contributed by atoms with Gasteiger partial charge in [0.05, 0.1) is 19.3 Å². The zero-order chi connectivity index (χ0) is 22.9. The second-order valence-corrected chi connectivity index (χ2v) is 9.89. The Labute approximate surface area is 199 Å². The maximum atomic E-state index is 9.61. The highest BCUT2D eigenvalue weighted by Crippen LogP contribution is 2.36. The molecule has 1 saturated carbocycles. The molecule has 33 heavy (non-hydrogen) atoms. The third kappa shape index (κ3) is 4.42. The average Bonchev–Trinajstić information content (AvgIpc) is 3.18. The first-order valence-electron chi connectivity index (χ1n) is 11.8. The third-order valence-corrected chi connectivity index (χ3v) is 7.22. The van der Waals surface area contributed by atoms with E-state index in [1.807, 2.05) is 24.3 Å². The summed E-state index contributed by atoms with van der Waals surface area (Å²) in [5, 5.41) is 10.2. The lowest BCUT2D eigenvalue weighted by molar-refractivity contribution is 0.0976. The first-order valence-corrected chi connectivity index (χ1v) is 12.2. The maximum Gasteiger partial charge on any atom is 0.234 e. The van der Waals surface area contributed by atoms with Crippen molar-refractivity contribution in [2.45, 2.75) is 52.1 Å². The third-order valence-electron chi connectivity index (χ3n) is 6.98. The smallest absolute Gasteiger partial charge is 0.234 e. The van der Waals surface area contributed by atoms with Crippen LogP contribution < -0.4 is 4.90 Å². The second-order valence-electron chi connectivity index (χ2n) is 9.46. The summed E-state index contributed by atoms with van der Waals surface area (Å²) < 4.78 is 7.99. The van der Waals surface area contributed by atoms with Crippen LogP contribution in [0.2, 0.25) is 5.02 Å². The average molecular weight is 465 g/mol. The summed E-state index contributed by atoms with van der Waals surface area (Å²) in [7, 11) is 0. The van der Waals surface area contributed by atoms with Crippen LogP contribution in [0.25, 0.3) is 22.4 Å². The van der Waals surface area contributed by atoms with Gasteiger partial charge in [0.2, 0.25) is 11.8 Å². The van der Waals surface area contributed by atoms with Gasteiger partial charge in [-0.15, -0.1) is 0 Å². The van der Waals surface area contributed by atoms with Gasteiger partial charge < -0.3 is 14.2 Å². The topological polar surface area (TPSA) is 79.9 Å². The Bertz CT molecular complexity index is 1190. The lowest BCUT2D eigenvalue weighted by atomic mass is 9.83. The lowest BCUT2D eigenvalue weighted by Gasteiger charge is -2.35. The van der Waals surface area contributed by atoms with Crippen LogP contribution in [0.4, 0.5) is 5.95 Å². The molecule has 2 aliphatic rings. The Hall–Kier alpha value is -2.69. The van der Waals surface area contributed by atoms with Crippen molar-refractivity contribution in [3.05, 3.63) is 35.1 Å². The molecule has 3 aromatic rings. The molecule has 0 bridgehead atoms. The minimum atomic E-state index is 0.121. The van der Waals surface area contributed by atoms with E-state index < -0.39 is 0 Å². The van der Waals surface area contributed by atoms with E-state index in [0.29, 0.717) is 35.5 Å². The number of nitriles is 1. The fraction of sp³-hybridized carbons (Fsp3) is 0.520. The van der Waals surface area contributed by atoms with Crippen LogP contribution >= 0.6 is 11.6 Å². The van der Waals surface area contributed by atoms with Gasteiger partial charge in [-0.25, -0.2) is 4.98 Å². The van der Waals surface area contributed by atoms with Crippen molar-refractivity contribution in [1.29, 1.82) is 5.26 Å². The number of aromatic nitrogens is 4. The van der Waals surface area contributed by atoms with E-state index in [1.54, 1.807) is 0 Å². The number of hydrogen-bond donors (Lipinski definition) is 0. The highest BCUT2D eigenvalue weighted by Gasteiger charge is 2.29. The number of ether oxygens (including phenoxy) is 1. The Balaban J connectivity index is 1.70. The molecule has 0 N–H and O–H groups in total. The molecule has 1 aromatic carbocycles. The van der Waals surface area contributed by atoms with Crippen LogP contribution in [0, 0.1) is 23.2 Å². The van der Waals surface area contributed by atoms with Crippen molar-refractivity contribution >= 4 is 28.7 Å². The molecule has 1 atom stereocenters. The Morgan fingerprint density at radius 3 is 2.70 bits per heavy atom. The number of nitrogens with zero attached hydrogens (tertiary/aromatic N) is 6. The van der Waals surface area contributed by atoms with Crippen molar-refractivity contribution in [2.24, 2.45) is 11.8 Å². The molecule has 5 rings (SSSR count). The number of anilines is 1. The van der Waals surface area contributed by atoms with E-state index in [2.05, 4.69) is 39.4 Å². The molecule has 1 saturated heterocycles. The van der Waals surface area contributed by atoms with Gasteiger partial charge in [-0.2, -0.15) is 15.2 Å². The number of halogens is 1. The predicted octanol–water partition coefficient (Wildman–Crippen LogP) is 5.07. The lowest BCUT2D eigenvalue weighted by Crippen LogP contribution is -2.45. The van der Waals surface area contributed by atoms with Gasteiger partial charge in [-0.05, 0) is 43.7 Å². The van der Waals surface area contributed by atoms with Crippen molar-refractivity contribution < 1.29 is 4.74 Å². The summed E-state index contributed by atoms with van der Waals surface area (Å²) in [5.74, 6) is 2.39. The fourth-order valence-electron chi connectivity index (χ4n) is 5.10. The van der Waals surface area contributed by atoms with Crippen LogP contribution in [0.1, 0.15) is 45.4 Å². The Morgan fingerprint density at radius 2 is 1.97 bits per heavy atom. The molecule has 1 aliphatic carbocycles. The molecule has 7 nitrogen and oxygen atoms in total. The van der Waals surface area contributed by atoms with Gasteiger partial charge in [-0.1, -0.05) is 43.5 Å². The monoisotopic (exact) mass is 464 g/mol. The predicted molar refractivity (Wildman–Crippen MR) is 129 cm³/mol. The van der Waals surface area contributed by atoms with Gasteiger partial charge >= 0.3 is 0 Å². The van der Waals surface area contributed by atoms with Crippen LogP contribution in [-0.4, -0.2) is 45.3 Å². The molecule has 0 unspecified atom stereocenters. The number of rotatable bonds is 4. The molecule has 8 heteroatoms. The van der Waals surface area contributed by atoms with Gasteiger partial charge in [0.25, 0.3) is 0 Å². The maximum absolute atomic E-state index is 9.61. The van der Waals surface area contributed by atoms with E-state index in [9.17, 15) is 5.26 Å². The number of imidazole rings is 1. The molecule has 0 radical (unpaired) electrons. The van der Waals surface area contributed by atoms with Gasteiger partial charge in [0, 0.05) is 23.7 Å². The summed E-state index contributed by atoms with van der Waals surface area (Å²) in [5.41, 5.74) is 3.02. The Kier molecular flexibility index (Phi) is 6.22. The molecule has 1 aliphatic heterocycles. The quantitative estimate of drug-likeness (QED) is 0.536. The molecule has 2 aromatic heterocycles. The molecular weight excluding hydrogens is 436 g/mol. The minimum Gasteiger partial charge on any atom is -0.377 e. The zero-order valence-electron chi connectivity index (χ0n) is 19.2. The van der Waals surface area contributed by atoms with E-state index >= 15 is 0 Å². The number of hydrogen-bond acceptors (Lipinski definition) is 6. The standard InChI is InChI=1S/C25H29ClN6O/c1-16-6-8-18(9-7-16)14-32-23-22(19-4-3-5-20(26)12-19)28-21(13-27)29-24(23)30-25(32)31-10-11-33-15-17(31)2/h3-5,12,16-18H,6-11,14-15H2,1-2H3/t16-,17-,18-/m0/s1. The normalized spacial score (nSPS) is 23.6. The molecule has 0 spiro atoms. The van der Waals surface area contributed by atoms with Crippen LogP contribution in [0.5, 0.6) is 0 Å². The van der Waals surface area contributed by atoms with Gasteiger partial charge in [0.15, 0.2) is 5.65 Å². The molecule has 0 amide bonds. The first kappa shape index (κ1) is 22.1. The number of benzene rings is 1. The summed E-state index contributed by atoms with van der Waals surface area (Å²) in [6.45, 7) is 7.49. The van der Waals surface area contributed by atoms with Crippen LogP contribution in [-0.2, 0) is 11.3 Å². The summed E-state index contributed by atoms with van der Waals surface area (Å²) in [4.78, 5) is 16.4. The minimum absolute atomic E-state index is 0.121. The van der Waals surface area contributed by atoms with Gasteiger partial charge in [-0.3, -0.25) is 0 Å². The van der Waals surface area contributed by atoms with Crippen LogP contribution in [0.15, 0.2) is 24.3 Å². The summed E-state index contributed by atoms with van der Waals surface area (Å²) >= 11 is 6.32. The zero-order valence-corrected chi connectivity index (χ0v) is 19.9. The van der Waals surface area contributed by atoms with E-state index in [1.165, 1.54) is 25.7 Å². The number of morpholine rings is 1. The molecule has 3 heterocycles. The second kappa shape index (κ2) is 9.28. The highest BCUT2D eigenvalue weighted by molar-refractivity contribution is 6.30. The molecule has 2 fully saturated rings. The SMILES string of the molecule is C[C@H]1COCCN1c1nc2nc(C#N)nc(-c3cccc(Cl)c3)c2n1C[C@H]1CC[C@H](C)CC1. The highest BCUT2D eigenvalue weighted by atomic mass is 35.5. The largest absolute Gasteiger partial charge is 0.377 e. The van der Waals surface area contributed by atoms with Crippen molar-refractivity contribution in [1.82, 2.24) is 19.5 Å². The van der Waals surface area contributed by atoms with Crippen molar-refractivity contribution in [3.63, 3.8) is 0 Å². The molecule has 172 valence electrons.